The molecule has 2 aliphatic heterocycles. The number of nitriles is 1. The average Bonchev–Trinajstić information content (AvgIpc) is 2.75. The van der Waals surface area contributed by atoms with Crippen LogP contribution in [0.5, 0.6) is 0 Å². The van der Waals surface area contributed by atoms with Gasteiger partial charge in [-0.1, -0.05) is 75.7 Å². The van der Waals surface area contributed by atoms with Gasteiger partial charge in [0, 0.05) is 24.2 Å². The highest BCUT2D eigenvalue weighted by Crippen LogP contribution is 2.49. The molecule has 0 atom stereocenters. The highest BCUT2D eigenvalue weighted by Gasteiger charge is 2.39. The van der Waals surface area contributed by atoms with Gasteiger partial charge in [-0.2, -0.15) is 5.26 Å². The zero-order valence-corrected chi connectivity index (χ0v) is 19.9. The summed E-state index contributed by atoms with van der Waals surface area (Å²) in [7, 11) is 0. The van der Waals surface area contributed by atoms with E-state index in [0.29, 0.717) is 0 Å². The summed E-state index contributed by atoms with van der Waals surface area (Å²) in [5.74, 6) is 0. The minimum atomic E-state index is 0.177. The number of hydrogen-bond acceptors (Lipinski definition) is 2. The van der Waals surface area contributed by atoms with Gasteiger partial charge in [-0.15, -0.1) is 0 Å². The predicted octanol–water partition coefficient (Wildman–Crippen LogP) is 7.36. The molecule has 2 aliphatic rings. The van der Waals surface area contributed by atoms with Crippen molar-refractivity contribution >= 4 is 28.6 Å². The van der Waals surface area contributed by atoms with E-state index in [0.717, 1.165) is 35.0 Å². The molecule has 0 unspecified atom stereocenters. The summed E-state index contributed by atoms with van der Waals surface area (Å²) >= 11 is 0. The van der Waals surface area contributed by atoms with Crippen LogP contribution in [0.25, 0.3) is 22.9 Å². The molecule has 162 valence electrons. The molecule has 0 aromatic heterocycles. The number of nitrogens with zero attached hydrogens (tertiary/aromatic N) is 2. The Balaban J connectivity index is 1.63. The monoisotopic (exact) mass is 420 g/mol. The molecule has 3 aromatic carbocycles. The second-order valence-corrected chi connectivity index (χ2v) is 10.9. The van der Waals surface area contributed by atoms with Crippen molar-refractivity contribution in [3.05, 3.63) is 75.8 Å². The van der Waals surface area contributed by atoms with Gasteiger partial charge < -0.3 is 4.90 Å². The van der Waals surface area contributed by atoms with E-state index in [2.05, 4.69) is 100 Å². The summed E-state index contributed by atoms with van der Waals surface area (Å²) < 4.78 is 0. The van der Waals surface area contributed by atoms with Gasteiger partial charge >= 0.3 is 0 Å². The predicted molar refractivity (Wildman–Crippen MR) is 136 cm³/mol. The van der Waals surface area contributed by atoms with Crippen molar-refractivity contribution in [2.75, 3.05) is 18.0 Å². The van der Waals surface area contributed by atoms with Gasteiger partial charge in [0.25, 0.3) is 0 Å². The molecular formula is C30H32N2. The molecule has 3 aromatic rings. The lowest BCUT2D eigenvalue weighted by molar-refractivity contribution is 0.401. The summed E-state index contributed by atoms with van der Waals surface area (Å²) in [5, 5.41) is 12.1. The van der Waals surface area contributed by atoms with E-state index in [9.17, 15) is 5.26 Å². The molecule has 0 spiro atoms. The summed E-state index contributed by atoms with van der Waals surface area (Å²) in [5.41, 5.74) is 8.97. The fraction of sp³-hybridized carbons (Fsp3) is 0.367. The molecule has 0 radical (unpaired) electrons. The number of anilines is 1. The summed E-state index contributed by atoms with van der Waals surface area (Å²) in [4.78, 5) is 2.60. The molecule has 0 aliphatic carbocycles. The fourth-order valence-electron chi connectivity index (χ4n) is 5.47. The third-order valence-corrected chi connectivity index (χ3v) is 7.69. The second kappa shape index (κ2) is 7.24. The van der Waals surface area contributed by atoms with Crippen molar-refractivity contribution in [3.8, 4) is 6.07 Å². The lowest BCUT2D eigenvalue weighted by atomic mass is 9.69. The Kier molecular flexibility index (Phi) is 4.71. The fourth-order valence-corrected chi connectivity index (χ4v) is 5.47. The van der Waals surface area contributed by atoms with Crippen LogP contribution in [0.15, 0.2) is 42.5 Å². The van der Waals surface area contributed by atoms with Crippen LogP contribution in [0, 0.1) is 18.3 Å². The van der Waals surface area contributed by atoms with E-state index >= 15 is 0 Å². The molecule has 0 N–H and O–H groups in total. The standard InChI is InChI=1S/C30H32N2/c1-20-6-11-24-23(16-20)10-9-22(25(24)19-31)8-7-21-17-26-28-27(18-21)30(4,5)13-15-32(28)14-12-29(26,2)3/h6-11,16-18H,12-15H2,1-5H3. The number of aryl methyl sites for hydroxylation is 1. The van der Waals surface area contributed by atoms with Crippen molar-refractivity contribution in [3.63, 3.8) is 0 Å². The highest BCUT2D eigenvalue weighted by atomic mass is 15.2. The molecule has 0 fully saturated rings. The molecule has 0 bridgehead atoms. The smallest absolute Gasteiger partial charge is 0.100 e. The molecule has 0 saturated carbocycles. The maximum Gasteiger partial charge on any atom is 0.100 e. The van der Waals surface area contributed by atoms with E-state index < -0.39 is 0 Å². The normalized spacial score (nSPS) is 18.6. The molecule has 2 nitrogen and oxygen atoms in total. The van der Waals surface area contributed by atoms with E-state index in [1.807, 2.05) is 0 Å². The van der Waals surface area contributed by atoms with Gasteiger partial charge in [-0.25, -0.2) is 0 Å². The minimum Gasteiger partial charge on any atom is -0.371 e. The SMILES string of the molecule is Cc1ccc2c(C#N)c(C=Cc3cc4c5c(c3)C(C)(C)CCN5CCC4(C)C)ccc2c1. The van der Waals surface area contributed by atoms with Crippen LogP contribution in [0.2, 0.25) is 0 Å². The molecule has 2 heterocycles. The van der Waals surface area contributed by atoms with Crippen LogP contribution in [0.1, 0.15) is 73.9 Å². The summed E-state index contributed by atoms with van der Waals surface area (Å²) in [6.45, 7) is 13.9. The first-order valence-corrected chi connectivity index (χ1v) is 11.8. The Bertz CT molecular complexity index is 1260. The van der Waals surface area contributed by atoms with Gasteiger partial charge in [-0.05, 0) is 70.4 Å². The topological polar surface area (TPSA) is 27.0 Å². The van der Waals surface area contributed by atoms with Gasteiger partial charge in [0.05, 0.1) is 5.56 Å². The van der Waals surface area contributed by atoms with Crippen molar-refractivity contribution in [2.45, 2.75) is 58.3 Å². The maximum atomic E-state index is 9.91. The van der Waals surface area contributed by atoms with Crippen molar-refractivity contribution in [2.24, 2.45) is 0 Å². The molecular weight excluding hydrogens is 388 g/mol. The minimum absolute atomic E-state index is 0.177. The molecule has 0 saturated heterocycles. The summed E-state index contributed by atoms with van der Waals surface area (Å²) in [6, 6.07) is 17.7. The Labute approximate surface area is 192 Å². The lowest BCUT2D eigenvalue weighted by Gasteiger charge is -2.48. The zero-order valence-electron chi connectivity index (χ0n) is 19.9. The quantitative estimate of drug-likeness (QED) is 0.405. The molecule has 2 heteroatoms. The third-order valence-electron chi connectivity index (χ3n) is 7.69. The largest absolute Gasteiger partial charge is 0.371 e. The Morgan fingerprint density at radius 3 is 2.16 bits per heavy atom. The molecule has 5 rings (SSSR count). The number of fused-ring (bicyclic) bond motifs is 1. The van der Waals surface area contributed by atoms with Crippen LogP contribution in [0.3, 0.4) is 0 Å². The Hall–Kier alpha value is -3.05. The first-order chi connectivity index (χ1) is 15.2. The van der Waals surface area contributed by atoms with E-state index in [4.69, 9.17) is 0 Å². The molecule has 32 heavy (non-hydrogen) atoms. The first kappa shape index (κ1) is 20.8. The van der Waals surface area contributed by atoms with Crippen LogP contribution < -0.4 is 4.90 Å². The van der Waals surface area contributed by atoms with Gasteiger partial charge in [0.2, 0.25) is 0 Å². The van der Waals surface area contributed by atoms with Gasteiger partial charge in [0.1, 0.15) is 6.07 Å². The Morgan fingerprint density at radius 2 is 1.53 bits per heavy atom. The van der Waals surface area contributed by atoms with E-state index in [1.165, 1.54) is 40.8 Å². The van der Waals surface area contributed by atoms with Gasteiger partial charge in [0.15, 0.2) is 0 Å². The number of rotatable bonds is 2. The van der Waals surface area contributed by atoms with E-state index in [1.54, 1.807) is 0 Å². The van der Waals surface area contributed by atoms with E-state index in [-0.39, 0.29) is 10.8 Å². The van der Waals surface area contributed by atoms with Crippen molar-refractivity contribution in [1.82, 2.24) is 0 Å². The molecule has 0 amide bonds. The average molecular weight is 421 g/mol. The zero-order chi connectivity index (χ0) is 22.7. The number of benzene rings is 3. The lowest BCUT2D eigenvalue weighted by Crippen LogP contribution is -2.44. The number of hydrogen-bond donors (Lipinski definition) is 0. The summed E-state index contributed by atoms with van der Waals surface area (Å²) in [6.07, 6.45) is 6.70. The van der Waals surface area contributed by atoms with Crippen LogP contribution in [0.4, 0.5) is 5.69 Å². The van der Waals surface area contributed by atoms with Crippen molar-refractivity contribution in [1.29, 1.82) is 5.26 Å². The maximum absolute atomic E-state index is 9.91. The Morgan fingerprint density at radius 1 is 0.875 bits per heavy atom. The van der Waals surface area contributed by atoms with Crippen LogP contribution in [-0.2, 0) is 10.8 Å². The second-order valence-electron chi connectivity index (χ2n) is 10.9. The van der Waals surface area contributed by atoms with Crippen molar-refractivity contribution < 1.29 is 0 Å². The highest BCUT2D eigenvalue weighted by molar-refractivity contribution is 5.93. The third kappa shape index (κ3) is 3.32. The van der Waals surface area contributed by atoms with Crippen LogP contribution in [-0.4, -0.2) is 13.1 Å². The van der Waals surface area contributed by atoms with Gasteiger partial charge in [-0.3, -0.25) is 0 Å². The first-order valence-electron chi connectivity index (χ1n) is 11.8. The van der Waals surface area contributed by atoms with Crippen LogP contribution >= 0.6 is 0 Å².